The first-order valence-electron chi connectivity index (χ1n) is 6.18. The van der Waals surface area contributed by atoms with Gasteiger partial charge in [0, 0.05) is 5.02 Å². The van der Waals surface area contributed by atoms with Crippen molar-refractivity contribution in [1.29, 1.82) is 0 Å². The van der Waals surface area contributed by atoms with Crippen LogP contribution in [0.5, 0.6) is 0 Å². The summed E-state index contributed by atoms with van der Waals surface area (Å²) in [4.78, 5) is 0. The standard InChI is InChI=1S/C13H10ClN4.Mn.2H2O.2O/c14-11-1-3-12(4-2-11)18-13(9-16-17-18)10-5-7-15-8-6-10;;;;;/h1-8H,9H2;;2*1H2;;/q-1;+2;;;;/p-2. The Labute approximate surface area is 139 Å². The maximum absolute atomic E-state index is 8.80. The molecule has 0 radical (unpaired) electrons. The van der Waals surface area contributed by atoms with Gasteiger partial charge >= 0.3 is 29.4 Å². The van der Waals surface area contributed by atoms with Crippen LogP contribution in [0.1, 0.15) is 0 Å². The van der Waals surface area contributed by atoms with Gasteiger partial charge in [0.15, 0.2) is 0 Å². The van der Waals surface area contributed by atoms with Gasteiger partial charge in [0.25, 0.3) is 0 Å². The number of hydrogen-bond donors (Lipinski definition) is 2. The van der Waals surface area contributed by atoms with Crippen LogP contribution < -0.4 is 5.01 Å². The molecule has 0 aromatic heterocycles. The number of benzene rings is 1. The molecular weight excluding hydrogens is 367 g/mol. The number of anilines is 1. The molecule has 10 heteroatoms. The molecule has 8 nitrogen and oxygen atoms in total. The van der Waals surface area contributed by atoms with E-state index in [0.29, 0.717) is 11.6 Å². The van der Waals surface area contributed by atoms with E-state index in [9.17, 15) is 0 Å². The summed E-state index contributed by atoms with van der Waals surface area (Å²) in [5.41, 5.74) is 3.07. The molecule has 2 heterocycles. The summed E-state index contributed by atoms with van der Waals surface area (Å²) in [5, 5.41) is 14.8. The van der Waals surface area contributed by atoms with Crippen molar-refractivity contribution in [1.82, 2.24) is 0 Å². The van der Waals surface area contributed by atoms with E-state index in [1.807, 2.05) is 41.4 Å². The van der Waals surface area contributed by atoms with Gasteiger partial charge in [0.05, 0.1) is 11.4 Å². The molecule has 2 N–H and O–H groups in total. The van der Waals surface area contributed by atoms with Gasteiger partial charge in [0.1, 0.15) is 6.54 Å². The van der Waals surface area contributed by atoms with E-state index in [1.54, 1.807) is 12.4 Å². The summed E-state index contributed by atoms with van der Waals surface area (Å²) in [6.07, 6.45) is 7.44. The Balaban J connectivity index is 0.000000338. The molecule has 0 spiro atoms. The quantitative estimate of drug-likeness (QED) is 0.729. The zero-order valence-electron chi connectivity index (χ0n) is 11.6. The maximum atomic E-state index is 8.80. The van der Waals surface area contributed by atoms with Crippen LogP contribution in [0.4, 0.5) is 5.69 Å². The molecule has 3 rings (SSSR count). The Bertz CT molecular complexity index is 763. The van der Waals surface area contributed by atoms with Crippen LogP contribution in [0.3, 0.4) is 0 Å². The second-order valence-corrected chi connectivity index (χ2v) is 6.01. The van der Waals surface area contributed by atoms with Gasteiger partial charge in [-0.2, -0.15) is 17.5 Å². The van der Waals surface area contributed by atoms with E-state index in [1.165, 1.54) is 0 Å². The third kappa shape index (κ3) is 5.59. The fourth-order valence-corrected chi connectivity index (χ4v) is 1.96. The van der Waals surface area contributed by atoms with E-state index >= 15 is 0 Å². The molecule has 0 unspecified atom stereocenters. The first-order valence-corrected chi connectivity index (χ1v) is 8.58. The van der Waals surface area contributed by atoms with Crippen LogP contribution in [0.15, 0.2) is 70.4 Å². The predicted molar refractivity (Wildman–Crippen MR) is 78.1 cm³/mol. The first kappa shape index (κ1) is 17.3. The molecule has 0 aliphatic carbocycles. The summed E-state index contributed by atoms with van der Waals surface area (Å²) in [7, 11) is 0. The van der Waals surface area contributed by atoms with Crippen molar-refractivity contribution in [2.75, 3.05) is 11.6 Å². The molecule has 2 aliphatic rings. The third-order valence-corrected chi connectivity index (χ3v) is 2.97. The van der Waals surface area contributed by atoms with Crippen molar-refractivity contribution in [3.63, 3.8) is 0 Å². The van der Waals surface area contributed by atoms with Crippen LogP contribution in [-0.2, 0) is 21.0 Å². The minimum absolute atomic E-state index is 0.576. The normalized spacial score (nSPS) is 16.2. The molecule has 0 bridgehead atoms. The van der Waals surface area contributed by atoms with Gasteiger partial charge in [0.2, 0.25) is 0 Å². The van der Waals surface area contributed by atoms with Crippen molar-refractivity contribution < 1.29 is 29.4 Å². The van der Waals surface area contributed by atoms with Crippen LogP contribution in [-0.4, -0.2) is 14.9 Å². The fraction of sp³-hybridized carbons (Fsp3) is 0.0769. The zero-order chi connectivity index (χ0) is 16.9. The van der Waals surface area contributed by atoms with Gasteiger partial charge in [-0.1, -0.05) is 29.0 Å². The van der Waals surface area contributed by atoms with Crippen LogP contribution in [0, 0.1) is 0 Å². The molecule has 1 aromatic rings. The first-order chi connectivity index (χ1) is 10.8. The van der Waals surface area contributed by atoms with E-state index in [0.717, 1.165) is 17.0 Å². The van der Waals surface area contributed by atoms with Crippen molar-refractivity contribution in [3.8, 4) is 0 Å². The van der Waals surface area contributed by atoms with Crippen molar-refractivity contribution in [2.24, 2.45) is 10.3 Å². The predicted octanol–water partition coefficient (Wildman–Crippen LogP) is 2.84. The average Bonchev–Trinajstić information content (AvgIpc) is 2.97. The molecule has 0 fully saturated rings. The summed E-state index contributed by atoms with van der Waals surface area (Å²) >= 11 is 0.759. The number of hydrogen-bond acceptors (Lipinski definition) is 5. The number of rotatable bonds is 1. The van der Waals surface area contributed by atoms with Crippen LogP contribution in [0.25, 0.3) is 5.32 Å². The average molecular weight is 379 g/mol. The van der Waals surface area contributed by atoms with Gasteiger partial charge in [-0.15, -0.1) is 0 Å². The van der Waals surface area contributed by atoms with Gasteiger partial charge < -0.3 is 5.32 Å². The van der Waals surface area contributed by atoms with Crippen LogP contribution in [0.2, 0.25) is 5.02 Å². The molecule has 1 aromatic carbocycles. The SMILES string of the molecule is Clc1ccc(N2N=NCC2=C2C=C[N-]C=C2)cc1.[O]=[Mn](=[O])([OH])[OH]. The summed E-state index contributed by atoms with van der Waals surface area (Å²) < 4.78 is 31.8. The van der Waals surface area contributed by atoms with E-state index in [2.05, 4.69) is 15.7 Å². The second kappa shape index (κ2) is 7.49. The van der Waals surface area contributed by atoms with Crippen LogP contribution >= 0.6 is 11.6 Å². The van der Waals surface area contributed by atoms with Gasteiger partial charge in [-0.3, -0.25) is 0 Å². The fourth-order valence-electron chi connectivity index (χ4n) is 1.83. The Morgan fingerprint density at radius 2 is 1.70 bits per heavy atom. The van der Waals surface area contributed by atoms with Crippen molar-refractivity contribution in [3.05, 3.63) is 70.4 Å². The van der Waals surface area contributed by atoms with Gasteiger partial charge in [-0.05, 0) is 29.8 Å². The number of halogens is 1. The topological polar surface area (TPSA) is 117 Å². The van der Waals surface area contributed by atoms with E-state index in [4.69, 9.17) is 27.6 Å². The zero-order valence-corrected chi connectivity index (χ0v) is 13.5. The molecule has 0 saturated carbocycles. The molecule has 23 heavy (non-hydrogen) atoms. The Hall–Kier alpha value is -2.03. The number of nitrogens with zero attached hydrogens (tertiary/aromatic N) is 4. The molecular formula is C13H12ClMnN4O4-. The summed E-state index contributed by atoms with van der Waals surface area (Å²) in [6.45, 7) is 0.576. The summed E-state index contributed by atoms with van der Waals surface area (Å²) in [5.74, 6) is 0. The molecule has 123 valence electrons. The Morgan fingerprint density at radius 1 is 1.13 bits per heavy atom. The van der Waals surface area contributed by atoms with E-state index in [-0.39, 0.29) is 0 Å². The molecule has 0 atom stereocenters. The Kier molecular flexibility index (Phi) is 5.64. The van der Waals surface area contributed by atoms with Crippen molar-refractivity contribution >= 4 is 17.3 Å². The third-order valence-electron chi connectivity index (χ3n) is 2.71. The molecule has 0 saturated heterocycles. The molecule has 0 amide bonds. The summed E-state index contributed by atoms with van der Waals surface area (Å²) in [6, 6.07) is 7.53. The second-order valence-electron chi connectivity index (χ2n) is 4.27. The van der Waals surface area contributed by atoms with Gasteiger partial charge in [-0.25, -0.2) is 5.01 Å². The van der Waals surface area contributed by atoms with E-state index < -0.39 is 13.4 Å². The minimum atomic E-state index is -5.12. The molecule has 2 aliphatic heterocycles. The Morgan fingerprint density at radius 3 is 2.26 bits per heavy atom. The monoisotopic (exact) mass is 378 g/mol. The van der Waals surface area contributed by atoms with Crippen molar-refractivity contribution in [2.45, 2.75) is 0 Å². The number of allylic oxidation sites excluding steroid dienone is 3.